The molecule has 0 bridgehead atoms. The number of rotatable bonds is 6. The van der Waals surface area contributed by atoms with Crippen molar-refractivity contribution in [3.63, 3.8) is 0 Å². The highest BCUT2D eigenvalue weighted by molar-refractivity contribution is 6.32. The molecule has 17 heavy (non-hydrogen) atoms. The normalized spacial score (nSPS) is 16.9. The summed E-state index contributed by atoms with van der Waals surface area (Å²) in [4.78, 5) is 0. The maximum absolute atomic E-state index is 9.70. The van der Waals surface area contributed by atoms with Crippen LogP contribution in [0.1, 0.15) is 18.4 Å². The number of aryl methyl sites for hydroxylation is 1. The molecule has 1 saturated carbocycles. The Bertz CT molecular complexity index is 380. The van der Waals surface area contributed by atoms with Crippen LogP contribution in [-0.4, -0.2) is 30.4 Å². The number of hydrogen-bond donors (Lipinski definition) is 2. The van der Waals surface area contributed by atoms with Gasteiger partial charge in [-0.2, -0.15) is 0 Å². The van der Waals surface area contributed by atoms with E-state index >= 15 is 0 Å². The Kier molecular flexibility index (Phi) is 4.26. The number of nitrogens with one attached hydrogen (secondary N) is 1. The molecular formula is C13H18ClNO2. The summed E-state index contributed by atoms with van der Waals surface area (Å²) in [6.07, 6.45) is 1.95. The van der Waals surface area contributed by atoms with Crippen molar-refractivity contribution < 1.29 is 9.84 Å². The SMILES string of the molecule is Cc1ccc(OCC(O)CNC2CC2)c(Cl)c1. The van der Waals surface area contributed by atoms with Crippen LogP contribution in [0.3, 0.4) is 0 Å². The lowest BCUT2D eigenvalue weighted by molar-refractivity contribution is 0.106. The Morgan fingerprint density at radius 3 is 2.94 bits per heavy atom. The first-order valence-corrected chi connectivity index (χ1v) is 6.33. The molecule has 0 amide bonds. The van der Waals surface area contributed by atoms with Gasteiger partial charge in [-0.1, -0.05) is 17.7 Å². The lowest BCUT2D eigenvalue weighted by Gasteiger charge is -2.14. The molecule has 3 nitrogen and oxygen atoms in total. The quantitative estimate of drug-likeness (QED) is 0.818. The van der Waals surface area contributed by atoms with E-state index in [9.17, 15) is 5.11 Å². The third kappa shape index (κ3) is 4.19. The monoisotopic (exact) mass is 255 g/mol. The average Bonchev–Trinajstić information content (AvgIpc) is 3.09. The van der Waals surface area contributed by atoms with Crippen LogP contribution in [0, 0.1) is 6.92 Å². The molecule has 94 valence electrons. The first kappa shape index (κ1) is 12.7. The molecule has 0 radical (unpaired) electrons. The Hall–Kier alpha value is -0.770. The van der Waals surface area contributed by atoms with Crippen LogP contribution < -0.4 is 10.1 Å². The number of ether oxygens (including phenoxy) is 1. The standard InChI is InChI=1S/C13H18ClNO2/c1-9-2-5-13(12(14)6-9)17-8-11(16)7-15-10-3-4-10/h2,5-6,10-11,15-16H,3-4,7-8H2,1H3. The van der Waals surface area contributed by atoms with E-state index in [-0.39, 0.29) is 6.61 Å². The lowest BCUT2D eigenvalue weighted by atomic mass is 10.2. The molecule has 0 saturated heterocycles. The van der Waals surface area contributed by atoms with Gasteiger partial charge in [-0.15, -0.1) is 0 Å². The number of halogens is 1. The maximum atomic E-state index is 9.70. The molecule has 1 aromatic carbocycles. The fourth-order valence-electron chi connectivity index (χ4n) is 1.56. The molecule has 0 spiro atoms. The highest BCUT2D eigenvalue weighted by atomic mass is 35.5. The van der Waals surface area contributed by atoms with Gasteiger partial charge < -0.3 is 15.2 Å². The summed E-state index contributed by atoms with van der Waals surface area (Å²) in [5.41, 5.74) is 1.10. The van der Waals surface area contributed by atoms with E-state index in [1.54, 1.807) is 0 Å². The van der Waals surface area contributed by atoms with Crippen molar-refractivity contribution in [2.24, 2.45) is 0 Å². The zero-order valence-corrected chi connectivity index (χ0v) is 10.7. The zero-order chi connectivity index (χ0) is 12.3. The van der Waals surface area contributed by atoms with Crippen LogP contribution in [0.15, 0.2) is 18.2 Å². The van der Waals surface area contributed by atoms with Crippen LogP contribution in [-0.2, 0) is 0 Å². The third-order valence-electron chi connectivity index (χ3n) is 2.74. The van der Waals surface area contributed by atoms with Gasteiger partial charge in [-0.05, 0) is 37.5 Å². The highest BCUT2D eigenvalue weighted by Gasteiger charge is 2.21. The van der Waals surface area contributed by atoms with E-state index in [0.29, 0.717) is 23.4 Å². The predicted molar refractivity (Wildman–Crippen MR) is 68.7 cm³/mol. The van der Waals surface area contributed by atoms with Crippen LogP contribution in [0.5, 0.6) is 5.75 Å². The molecule has 0 aromatic heterocycles. The van der Waals surface area contributed by atoms with E-state index in [4.69, 9.17) is 16.3 Å². The van der Waals surface area contributed by atoms with Crippen molar-refractivity contribution in [1.82, 2.24) is 5.32 Å². The Labute approximate surface area is 107 Å². The van der Waals surface area contributed by atoms with Crippen molar-refractivity contribution in [3.05, 3.63) is 28.8 Å². The molecule has 2 rings (SSSR count). The number of aliphatic hydroxyl groups excluding tert-OH is 1. The lowest BCUT2D eigenvalue weighted by Crippen LogP contribution is -2.32. The minimum absolute atomic E-state index is 0.266. The summed E-state index contributed by atoms with van der Waals surface area (Å²) in [5.74, 6) is 0.628. The topological polar surface area (TPSA) is 41.5 Å². The fourth-order valence-corrected chi connectivity index (χ4v) is 1.85. The van der Waals surface area contributed by atoms with E-state index in [2.05, 4.69) is 5.32 Å². The van der Waals surface area contributed by atoms with Crippen molar-refractivity contribution >= 4 is 11.6 Å². The minimum atomic E-state index is -0.493. The molecule has 0 heterocycles. The molecule has 1 unspecified atom stereocenters. The van der Waals surface area contributed by atoms with Crippen LogP contribution in [0.25, 0.3) is 0 Å². The minimum Gasteiger partial charge on any atom is -0.489 e. The van der Waals surface area contributed by atoms with Gasteiger partial charge in [0.05, 0.1) is 5.02 Å². The molecule has 1 fully saturated rings. The summed E-state index contributed by atoms with van der Waals surface area (Å²) >= 11 is 6.03. The number of hydrogen-bond acceptors (Lipinski definition) is 3. The van der Waals surface area contributed by atoms with Crippen LogP contribution in [0.4, 0.5) is 0 Å². The Morgan fingerprint density at radius 1 is 1.53 bits per heavy atom. The molecule has 0 aliphatic heterocycles. The fraction of sp³-hybridized carbons (Fsp3) is 0.538. The second-order valence-corrected chi connectivity index (χ2v) is 4.99. The molecule has 1 aliphatic rings. The average molecular weight is 256 g/mol. The Balaban J connectivity index is 1.75. The first-order valence-electron chi connectivity index (χ1n) is 5.95. The summed E-state index contributed by atoms with van der Waals surface area (Å²) < 4.78 is 5.48. The van der Waals surface area contributed by atoms with Crippen molar-refractivity contribution in [2.75, 3.05) is 13.2 Å². The number of benzene rings is 1. The van der Waals surface area contributed by atoms with Crippen molar-refractivity contribution in [1.29, 1.82) is 0 Å². The first-order chi connectivity index (χ1) is 8.15. The third-order valence-corrected chi connectivity index (χ3v) is 3.03. The molecule has 2 N–H and O–H groups in total. The van der Waals surface area contributed by atoms with Gasteiger partial charge in [0.1, 0.15) is 18.5 Å². The van der Waals surface area contributed by atoms with E-state index < -0.39 is 6.10 Å². The van der Waals surface area contributed by atoms with Gasteiger partial charge in [0.15, 0.2) is 0 Å². The van der Waals surface area contributed by atoms with Gasteiger partial charge in [-0.3, -0.25) is 0 Å². The number of aliphatic hydroxyl groups is 1. The maximum Gasteiger partial charge on any atom is 0.138 e. The van der Waals surface area contributed by atoms with Gasteiger partial charge in [0, 0.05) is 12.6 Å². The summed E-state index contributed by atoms with van der Waals surface area (Å²) in [7, 11) is 0. The predicted octanol–water partition coefficient (Wildman–Crippen LogP) is 2.14. The van der Waals surface area contributed by atoms with Crippen molar-refractivity contribution in [2.45, 2.75) is 31.9 Å². The van der Waals surface area contributed by atoms with E-state index in [1.807, 2.05) is 25.1 Å². The van der Waals surface area contributed by atoms with Crippen LogP contribution in [0.2, 0.25) is 5.02 Å². The molecule has 4 heteroatoms. The van der Waals surface area contributed by atoms with Gasteiger partial charge in [0.25, 0.3) is 0 Å². The second-order valence-electron chi connectivity index (χ2n) is 4.58. The van der Waals surface area contributed by atoms with Crippen molar-refractivity contribution in [3.8, 4) is 5.75 Å². The molecule has 1 aliphatic carbocycles. The van der Waals surface area contributed by atoms with E-state index in [0.717, 1.165) is 5.56 Å². The van der Waals surface area contributed by atoms with Gasteiger partial charge >= 0.3 is 0 Å². The molecular weight excluding hydrogens is 238 g/mol. The largest absolute Gasteiger partial charge is 0.489 e. The molecule has 1 atom stereocenters. The smallest absolute Gasteiger partial charge is 0.138 e. The van der Waals surface area contributed by atoms with Gasteiger partial charge in [0.2, 0.25) is 0 Å². The Morgan fingerprint density at radius 2 is 2.29 bits per heavy atom. The highest BCUT2D eigenvalue weighted by Crippen LogP contribution is 2.25. The summed E-state index contributed by atoms with van der Waals surface area (Å²) in [6.45, 7) is 2.82. The second kappa shape index (κ2) is 5.71. The zero-order valence-electron chi connectivity index (χ0n) is 9.95. The van der Waals surface area contributed by atoms with Gasteiger partial charge in [-0.25, -0.2) is 0 Å². The summed E-state index contributed by atoms with van der Waals surface area (Å²) in [6, 6.07) is 6.23. The van der Waals surface area contributed by atoms with E-state index in [1.165, 1.54) is 12.8 Å². The van der Waals surface area contributed by atoms with Crippen LogP contribution >= 0.6 is 11.6 Å². The molecule has 1 aromatic rings. The summed E-state index contributed by atoms with van der Waals surface area (Å²) in [5, 5.41) is 13.5.